The highest BCUT2D eigenvalue weighted by Crippen LogP contribution is 2.44. The maximum Gasteiger partial charge on any atom is 0.409 e. The lowest BCUT2D eigenvalue weighted by atomic mass is 9.98. The van der Waals surface area contributed by atoms with Crippen LogP contribution in [-0.4, -0.2) is 41.8 Å². The van der Waals surface area contributed by atoms with Gasteiger partial charge in [0.05, 0.1) is 5.92 Å². The molecule has 5 nitrogen and oxygen atoms in total. The molecule has 2 aliphatic rings. The summed E-state index contributed by atoms with van der Waals surface area (Å²) in [5, 5.41) is 9.36. The molecule has 5 heteroatoms. The number of hydrogen-bond acceptors (Lipinski definition) is 3. The molecular formula is C22H23NO4. The van der Waals surface area contributed by atoms with Gasteiger partial charge in [0.1, 0.15) is 6.61 Å². The lowest BCUT2D eigenvalue weighted by Crippen LogP contribution is -2.42. The summed E-state index contributed by atoms with van der Waals surface area (Å²) in [7, 11) is 1.64. The summed E-state index contributed by atoms with van der Waals surface area (Å²) in [6, 6.07) is 16.1. The van der Waals surface area contributed by atoms with Gasteiger partial charge in [-0.15, -0.1) is 0 Å². The van der Waals surface area contributed by atoms with Gasteiger partial charge in [0.25, 0.3) is 0 Å². The van der Waals surface area contributed by atoms with E-state index in [1.807, 2.05) is 24.3 Å². The second kappa shape index (κ2) is 7.06. The number of benzene rings is 2. The van der Waals surface area contributed by atoms with Crippen molar-refractivity contribution in [3.05, 3.63) is 59.7 Å². The Balaban J connectivity index is 1.49. The lowest BCUT2D eigenvalue weighted by molar-refractivity contribution is -0.143. The number of carbonyl (C=O) groups is 2. The first-order chi connectivity index (χ1) is 13.1. The van der Waals surface area contributed by atoms with Gasteiger partial charge in [0, 0.05) is 19.0 Å². The first-order valence-corrected chi connectivity index (χ1v) is 9.38. The summed E-state index contributed by atoms with van der Waals surface area (Å²) in [5.41, 5.74) is 4.70. The Morgan fingerprint density at radius 3 is 2.22 bits per heavy atom. The third kappa shape index (κ3) is 3.07. The van der Waals surface area contributed by atoms with Crippen LogP contribution in [0.3, 0.4) is 0 Å². The number of nitrogens with zero attached hydrogens (tertiary/aromatic N) is 1. The SMILES string of the molecule is CN(C(=O)OCC1c2ccccc2-c2ccccc21)[C@@H]1CCC[C@H]1C(=O)O. The molecule has 0 saturated heterocycles. The topological polar surface area (TPSA) is 66.8 Å². The molecule has 4 rings (SSSR count). The zero-order valence-corrected chi connectivity index (χ0v) is 15.3. The highest BCUT2D eigenvalue weighted by Gasteiger charge is 2.38. The third-order valence-electron chi connectivity index (χ3n) is 5.92. The average Bonchev–Trinajstić information content (AvgIpc) is 3.29. The lowest BCUT2D eigenvalue weighted by Gasteiger charge is -2.27. The van der Waals surface area contributed by atoms with E-state index in [0.717, 1.165) is 6.42 Å². The van der Waals surface area contributed by atoms with Crippen LogP contribution < -0.4 is 0 Å². The van der Waals surface area contributed by atoms with Crippen LogP contribution in [0.1, 0.15) is 36.3 Å². The Morgan fingerprint density at radius 1 is 1.04 bits per heavy atom. The maximum atomic E-state index is 12.6. The molecule has 1 saturated carbocycles. The van der Waals surface area contributed by atoms with Crippen molar-refractivity contribution in [2.75, 3.05) is 13.7 Å². The molecule has 1 N–H and O–H groups in total. The van der Waals surface area contributed by atoms with Crippen molar-refractivity contribution in [2.45, 2.75) is 31.2 Å². The van der Waals surface area contributed by atoms with Crippen molar-refractivity contribution in [2.24, 2.45) is 5.92 Å². The fourth-order valence-corrected chi connectivity index (χ4v) is 4.52. The summed E-state index contributed by atoms with van der Waals surface area (Å²) in [5.74, 6) is -1.33. The van der Waals surface area contributed by atoms with Crippen LogP contribution in [0.5, 0.6) is 0 Å². The molecule has 140 valence electrons. The summed E-state index contributed by atoms with van der Waals surface area (Å²) >= 11 is 0. The standard InChI is InChI=1S/C22H23NO4/c1-23(20-12-6-11-18(20)21(24)25)22(26)27-13-19-16-9-4-2-7-14(16)15-8-3-5-10-17(15)19/h2-5,7-10,18-20H,6,11-13H2,1H3,(H,24,25)/t18-,20-/m1/s1. The number of ether oxygens (including phenoxy) is 1. The van der Waals surface area contributed by atoms with Crippen molar-refractivity contribution < 1.29 is 19.4 Å². The number of fused-ring (bicyclic) bond motifs is 3. The van der Waals surface area contributed by atoms with E-state index in [1.54, 1.807) is 7.05 Å². The highest BCUT2D eigenvalue weighted by atomic mass is 16.6. The van der Waals surface area contributed by atoms with Gasteiger partial charge in [-0.25, -0.2) is 4.79 Å². The molecule has 2 aliphatic carbocycles. The number of carboxylic acid groups (broad SMARTS) is 1. The number of carbonyl (C=O) groups excluding carboxylic acids is 1. The van der Waals surface area contributed by atoms with E-state index in [0.29, 0.717) is 12.8 Å². The van der Waals surface area contributed by atoms with Gasteiger partial charge in [0.15, 0.2) is 0 Å². The summed E-state index contributed by atoms with van der Waals surface area (Å²) in [4.78, 5) is 25.5. The fourth-order valence-electron chi connectivity index (χ4n) is 4.52. The molecule has 0 unspecified atom stereocenters. The minimum absolute atomic E-state index is 0.00796. The fraction of sp³-hybridized carbons (Fsp3) is 0.364. The van der Waals surface area contributed by atoms with Crippen LogP contribution in [-0.2, 0) is 9.53 Å². The Hall–Kier alpha value is -2.82. The van der Waals surface area contributed by atoms with Gasteiger partial charge < -0.3 is 14.7 Å². The van der Waals surface area contributed by atoms with Gasteiger partial charge in [-0.05, 0) is 35.1 Å². The number of aliphatic carboxylic acids is 1. The van der Waals surface area contributed by atoms with Crippen LogP contribution in [0.2, 0.25) is 0 Å². The smallest absolute Gasteiger partial charge is 0.409 e. The van der Waals surface area contributed by atoms with Crippen molar-refractivity contribution in [1.82, 2.24) is 4.90 Å². The summed E-state index contributed by atoms with van der Waals surface area (Å²) in [6.07, 6.45) is 1.69. The van der Waals surface area contributed by atoms with E-state index in [2.05, 4.69) is 24.3 Å². The molecule has 2 aromatic rings. The van der Waals surface area contributed by atoms with Crippen LogP contribution in [0.15, 0.2) is 48.5 Å². The Morgan fingerprint density at radius 2 is 1.63 bits per heavy atom. The third-order valence-corrected chi connectivity index (χ3v) is 5.92. The van der Waals surface area contributed by atoms with E-state index < -0.39 is 18.0 Å². The zero-order chi connectivity index (χ0) is 19.0. The van der Waals surface area contributed by atoms with E-state index in [-0.39, 0.29) is 18.6 Å². The van der Waals surface area contributed by atoms with Gasteiger partial charge >= 0.3 is 12.1 Å². The minimum atomic E-state index is -0.837. The van der Waals surface area contributed by atoms with Crippen molar-refractivity contribution in [3.63, 3.8) is 0 Å². The molecule has 0 radical (unpaired) electrons. The monoisotopic (exact) mass is 365 g/mol. The highest BCUT2D eigenvalue weighted by molar-refractivity contribution is 5.79. The number of hydrogen-bond donors (Lipinski definition) is 1. The van der Waals surface area contributed by atoms with Gasteiger partial charge in [-0.1, -0.05) is 55.0 Å². The molecule has 2 atom stereocenters. The first-order valence-electron chi connectivity index (χ1n) is 9.38. The van der Waals surface area contributed by atoms with Gasteiger partial charge in [0.2, 0.25) is 0 Å². The van der Waals surface area contributed by atoms with Crippen LogP contribution in [0, 0.1) is 5.92 Å². The van der Waals surface area contributed by atoms with E-state index in [1.165, 1.54) is 27.2 Å². The van der Waals surface area contributed by atoms with Crippen molar-refractivity contribution >= 4 is 12.1 Å². The number of rotatable bonds is 4. The molecule has 0 heterocycles. The predicted octanol–water partition coefficient (Wildman–Crippen LogP) is 4.12. The molecule has 0 bridgehead atoms. The molecule has 0 aliphatic heterocycles. The molecule has 27 heavy (non-hydrogen) atoms. The van der Waals surface area contributed by atoms with Gasteiger partial charge in [-0.3, -0.25) is 4.79 Å². The molecule has 0 aromatic heterocycles. The Bertz CT molecular complexity index is 833. The quantitative estimate of drug-likeness (QED) is 0.885. The predicted molar refractivity (Wildman–Crippen MR) is 102 cm³/mol. The van der Waals surface area contributed by atoms with Crippen LogP contribution in [0.25, 0.3) is 11.1 Å². The van der Waals surface area contributed by atoms with Crippen molar-refractivity contribution in [1.29, 1.82) is 0 Å². The van der Waals surface area contributed by atoms with Gasteiger partial charge in [-0.2, -0.15) is 0 Å². The molecule has 0 spiro atoms. The van der Waals surface area contributed by atoms with E-state index in [4.69, 9.17) is 4.74 Å². The van der Waals surface area contributed by atoms with E-state index in [9.17, 15) is 14.7 Å². The number of carboxylic acids is 1. The largest absolute Gasteiger partial charge is 0.481 e. The average molecular weight is 365 g/mol. The second-order valence-electron chi connectivity index (χ2n) is 7.36. The van der Waals surface area contributed by atoms with Crippen molar-refractivity contribution in [3.8, 4) is 11.1 Å². The summed E-state index contributed by atoms with van der Waals surface area (Å²) < 4.78 is 5.64. The maximum absolute atomic E-state index is 12.6. The van der Waals surface area contributed by atoms with Crippen LogP contribution >= 0.6 is 0 Å². The zero-order valence-electron chi connectivity index (χ0n) is 15.3. The molecular weight excluding hydrogens is 342 g/mol. The minimum Gasteiger partial charge on any atom is -0.481 e. The molecule has 2 aromatic carbocycles. The second-order valence-corrected chi connectivity index (χ2v) is 7.36. The molecule has 1 fully saturated rings. The first kappa shape index (κ1) is 17.6. The number of amides is 1. The Kier molecular flexibility index (Phi) is 4.60. The van der Waals surface area contributed by atoms with Crippen LogP contribution in [0.4, 0.5) is 4.79 Å². The Labute approximate surface area is 158 Å². The molecule has 1 amide bonds. The summed E-state index contributed by atoms with van der Waals surface area (Å²) in [6.45, 7) is 0.252. The normalized spacial score (nSPS) is 20.8. The van der Waals surface area contributed by atoms with E-state index >= 15 is 0 Å².